The number of halogens is 1. The lowest BCUT2D eigenvalue weighted by Crippen LogP contribution is -2.24. The monoisotopic (exact) mass is 400 g/mol. The van der Waals surface area contributed by atoms with E-state index in [2.05, 4.69) is 4.99 Å². The fourth-order valence-electron chi connectivity index (χ4n) is 2.69. The van der Waals surface area contributed by atoms with Gasteiger partial charge in [-0.1, -0.05) is 11.6 Å². The lowest BCUT2D eigenvalue weighted by atomic mass is 10.1. The van der Waals surface area contributed by atoms with Crippen LogP contribution in [0, 0.1) is 0 Å². The Balaban J connectivity index is 0.000000431. The van der Waals surface area contributed by atoms with Crippen LogP contribution in [0.4, 0.5) is 0 Å². The van der Waals surface area contributed by atoms with Crippen molar-refractivity contribution in [3.8, 4) is 0 Å². The van der Waals surface area contributed by atoms with E-state index in [0.29, 0.717) is 52.8 Å². The highest BCUT2D eigenvalue weighted by Gasteiger charge is 2.24. The van der Waals surface area contributed by atoms with Crippen molar-refractivity contribution in [1.82, 2.24) is 4.57 Å². The molecule has 9 nitrogen and oxygen atoms in total. The molecule has 1 aromatic carbocycles. The first-order valence-electron chi connectivity index (χ1n) is 7.40. The molecule has 140 valence electrons. The van der Waals surface area contributed by atoms with Crippen molar-refractivity contribution in [3.63, 3.8) is 0 Å². The smallest absolute Gasteiger partial charge is 0.296 e. The standard InChI is InChI=1S/C14H13ClN4O2.CH4O3S/c15-9-4-3-7-11(20)2-1-5-19-10(6-8(9)12(7)19)13(21)18-14(16)17;1-5(2,3)4/h3-4,6H,1-2,5H2,(H4,16,17,18,21);1H3,(H,2,3,4). The number of aromatic nitrogens is 1. The molecule has 5 N–H and O–H groups in total. The zero-order chi connectivity index (χ0) is 19.6. The van der Waals surface area contributed by atoms with Crippen LogP contribution in [0.25, 0.3) is 10.9 Å². The second-order valence-electron chi connectivity index (χ2n) is 5.64. The minimum Gasteiger partial charge on any atom is -0.370 e. The molecule has 0 unspecified atom stereocenters. The number of Topliss-reactive ketones (excluding diaryl/α,β-unsaturated/α-hetero) is 1. The topological polar surface area (TPSA) is 158 Å². The van der Waals surface area contributed by atoms with E-state index in [0.717, 1.165) is 0 Å². The van der Waals surface area contributed by atoms with Crippen molar-refractivity contribution < 1.29 is 22.6 Å². The molecule has 0 saturated carbocycles. The van der Waals surface area contributed by atoms with Gasteiger partial charge in [0.25, 0.3) is 16.0 Å². The SMILES string of the molecule is CS(=O)(=O)O.NC(N)=NC(=O)c1cc2c(Cl)ccc3c2n1CCCC3=O. The summed E-state index contributed by atoms with van der Waals surface area (Å²) in [6.07, 6.45) is 1.80. The summed E-state index contributed by atoms with van der Waals surface area (Å²) < 4.78 is 27.6. The number of nitrogens with two attached hydrogens (primary N) is 2. The molecule has 1 aliphatic heterocycles. The number of amides is 1. The summed E-state index contributed by atoms with van der Waals surface area (Å²) in [6, 6.07) is 5.00. The number of aryl methyl sites for hydroxylation is 1. The molecule has 26 heavy (non-hydrogen) atoms. The van der Waals surface area contributed by atoms with E-state index in [1.807, 2.05) is 0 Å². The molecule has 11 heteroatoms. The molecule has 0 bridgehead atoms. The average molecular weight is 401 g/mol. The summed E-state index contributed by atoms with van der Waals surface area (Å²) in [5.41, 5.74) is 12.1. The molecular weight excluding hydrogens is 384 g/mol. The summed E-state index contributed by atoms with van der Waals surface area (Å²) in [5, 5.41) is 1.15. The van der Waals surface area contributed by atoms with Crippen LogP contribution in [0.1, 0.15) is 33.7 Å². The van der Waals surface area contributed by atoms with Crippen LogP contribution in [-0.2, 0) is 16.7 Å². The first-order chi connectivity index (χ1) is 12.0. The third-order valence-electron chi connectivity index (χ3n) is 3.54. The molecule has 1 amide bonds. The molecular formula is C15H17ClN4O5S. The van der Waals surface area contributed by atoms with Gasteiger partial charge in [-0.15, -0.1) is 0 Å². The number of hydrogen-bond donors (Lipinski definition) is 3. The predicted molar refractivity (Wildman–Crippen MR) is 98.1 cm³/mol. The van der Waals surface area contributed by atoms with Crippen molar-refractivity contribution in [2.45, 2.75) is 19.4 Å². The number of carbonyl (C=O) groups excluding carboxylic acids is 2. The average Bonchev–Trinajstić information content (AvgIpc) is 2.77. The number of nitrogens with zero attached hydrogens (tertiary/aromatic N) is 2. The van der Waals surface area contributed by atoms with Crippen LogP contribution in [-0.4, -0.2) is 41.4 Å². The number of hydrogen-bond acceptors (Lipinski definition) is 4. The molecule has 0 spiro atoms. The Bertz CT molecular complexity index is 1010. The quantitative estimate of drug-likeness (QED) is 0.368. The Labute approximate surface area is 154 Å². The zero-order valence-corrected chi connectivity index (χ0v) is 15.3. The van der Waals surface area contributed by atoms with Crippen LogP contribution in [0.3, 0.4) is 0 Å². The number of rotatable bonds is 1. The van der Waals surface area contributed by atoms with E-state index in [1.54, 1.807) is 22.8 Å². The van der Waals surface area contributed by atoms with Gasteiger partial charge in [-0.3, -0.25) is 14.1 Å². The van der Waals surface area contributed by atoms with Crippen molar-refractivity contribution in [2.24, 2.45) is 16.5 Å². The van der Waals surface area contributed by atoms with Crippen LogP contribution in [0.5, 0.6) is 0 Å². The Kier molecular flexibility index (Phi) is 5.69. The summed E-state index contributed by atoms with van der Waals surface area (Å²) in [5.74, 6) is -0.786. The lowest BCUT2D eigenvalue weighted by molar-refractivity contribution is 0.0981. The summed E-state index contributed by atoms with van der Waals surface area (Å²) in [4.78, 5) is 27.9. The maximum absolute atomic E-state index is 12.2. The molecule has 0 fully saturated rings. The second kappa shape index (κ2) is 7.44. The molecule has 2 heterocycles. The van der Waals surface area contributed by atoms with Gasteiger partial charge in [0.1, 0.15) is 5.69 Å². The van der Waals surface area contributed by atoms with Gasteiger partial charge in [-0.25, -0.2) is 0 Å². The van der Waals surface area contributed by atoms with E-state index in [1.165, 1.54) is 0 Å². The Hall–Kier alpha value is -2.43. The van der Waals surface area contributed by atoms with Crippen LogP contribution >= 0.6 is 11.6 Å². The van der Waals surface area contributed by atoms with E-state index >= 15 is 0 Å². The largest absolute Gasteiger partial charge is 0.370 e. The highest BCUT2D eigenvalue weighted by Crippen LogP contribution is 2.33. The third-order valence-corrected chi connectivity index (χ3v) is 3.87. The minimum atomic E-state index is -3.67. The van der Waals surface area contributed by atoms with Crippen LogP contribution in [0.2, 0.25) is 5.02 Å². The molecule has 3 rings (SSSR count). The maximum Gasteiger partial charge on any atom is 0.296 e. The first kappa shape index (κ1) is 19.9. The van der Waals surface area contributed by atoms with E-state index < -0.39 is 16.0 Å². The van der Waals surface area contributed by atoms with Crippen molar-refractivity contribution >= 4 is 50.3 Å². The number of ketones is 1. The summed E-state index contributed by atoms with van der Waals surface area (Å²) in [6.45, 7) is 0.545. The highest BCUT2D eigenvalue weighted by molar-refractivity contribution is 7.85. The zero-order valence-electron chi connectivity index (χ0n) is 13.8. The maximum atomic E-state index is 12.2. The molecule has 0 radical (unpaired) electrons. The molecule has 1 aromatic heterocycles. The fourth-order valence-corrected chi connectivity index (χ4v) is 2.90. The molecule has 2 aromatic rings. The highest BCUT2D eigenvalue weighted by atomic mass is 35.5. The van der Waals surface area contributed by atoms with Crippen molar-refractivity contribution in [3.05, 3.63) is 34.5 Å². The van der Waals surface area contributed by atoms with Gasteiger partial charge in [0.2, 0.25) is 0 Å². The van der Waals surface area contributed by atoms with Gasteiger partial charge in [-0.05, 0) is 24.6 Å². The normalized spacial score (nSPS) is 13.6. The number of benzene rings is 1. The number of aliphatic imine (C=N–C) groups is 1. The minimum absolute atomic E-state index is 0.0503. The Morgan fingerprint density at radius 1 is 1.35 bits per heavy atom. The van der Waals surface area contributed by atoms with E-state index in [-0.39, 0.29) is 11.7 Å². The summed E-state index contributed by atoms with van der Waals surface area (Å²) >= 11 is 6.19. The number of carbonyl (C=O) groups is 2. The van der Waals surface area contributed by atoms with Gasteiger partial charge in [0, 0.05) is 23.9 Å². The Morgan fingerprint density at radius 3 is 2.54 bits per heavy atom. The van der Waals surface area contributed by atoms with Gasteiger partial charge in [-0.2, -0.15) is 13.4 Å². The van der Waals surface area contributed by atoms with Crippen molar-refractivity contribution in [2.75, 3.05) is 6.26 Å². The van der Waals surface area contributed by atoms with Crippen LogP contribution in [0.15, 0.2) is 23.2 Å². The fraction of sp³-hybridized carbons (Fsp3) is 0.267. The van der Waals surface area contributed by atoms with Crippen molar-refractivity contribution in [1.29, 1.82) is 0 Å². The first-order valence-corrected chi connectivity index (χ1v) is 9.63. The molecule has 1 aliphatic rings. The van der Waals surface area contributed by atoms with Crippen LogP contribution < -0.4 is 11.5 Å². The van der Waals surface area contributed by atoms with Gasteiger partial charge in [0.15, 0.2) is 11.7 Å². The molecule has 0 aliphatic carbocycles. The van der Waals surface area contributed by atoms with E-state index in [4.69, 9.17) is 27.6 Å². The van der Waals surface area contributed by atoms with Gasteiger partial charge < -0.3 is 16.0 Å². The number of guanidine groups is 1. The molecule has 0 saturated heterocycles. The third kappa shape index (κ3) is 4.59. The predicted octanol–water partition coefficient (Wildman–Crippen LogP) is 1.19. The Morgan fingerprint density at radius 2 is 1.96 bits per heavy atom. The second-order valence-corrected chi connectivity index (χ2v) is 7.51. The lowest BCUT2D eigenvalue weighted by Gasteiger charge is -2.07. The van der Waals surface area contributed by atoms with Gasteiger partial charge in [0.05, 0.1) is 16.8 Å². The van der Waals surface area contributed by atoms with E-state index in [9.17, 15) is 18.0 Å². The summed E-state index contributed by atoms with van der Waals surface area (Å²) in [7, 11) is -3.67. The molecule has 0 atom stereocenters. The van der Waals surface area contributed by atoms with Gasteiger partial charge >= 0.3 is 0 Å².